The molecular weight excluding hydrogens is 198 g/mol. The van der Waals surface area contributed by atoms with Crippen LogP contribution in [0.25, 0.3) is 0 Å². The summed E-state index contributed by atoms with van der Waals surface area (Å²) in [5.41, 5.74) is 0.141. The Morgan fingerprint density at radius 1 is 1.19 bits per heavy atom. The molecule has 2 rings (SSSR count). The molecule has 0 aromatic heterocycles. The number of hydrogen-bond acceptors (Lipinski definition) is 2. The van der Waals surface area contributed by atoms with Crippen LogP contribution in [0.1, 0.15) is 57.8 Å². The average molecular weight is 225 g/mol. The maximum absolute atomic E-state index is 5.94. The Labute approximate surface area is 100 Å². The number of hydrogen-bond donors (Lipinski definition) is 1. The summed E-state index contributed by atoms with van der Waals surface area (Å²) in [6, 6.07) is 0.572. The fraction of sp³-hybridized carbons (Fsp3) is 1.00. The Balaban J connectivity index is 1.97. The van der Waals surface area contributed by atoms with Gasteiger partial charge in [0.2, 0.25) is 0 Å². The molecule has 1 N–H and O–H groups in total. The van der Waals surface area contributed by atoms with Crippen molar-refractivity contribution in [3.63, 3.8) is 0 Å². The monoisotopic (exact) mass is 225 g/mol. The van der Waals surface area contributed by atoms with Crippen LogP contribution in [0, 0.1) is 5.92 Å². The maximum Gasteiger partial charge on any atom is 0.0830 e. The minimum Gasteiger partial charge on any atom is -0.377 e. The highest BCUT2D eigenvalue weighted by molar-refractivity contribution is 4.96. The summed E-state index contributed by atoms with van der Waals surface area (Å²) in [4.78, 5) is 0. The summed E-state index contributed by atoms with van der Waals surface area (Å²) in [5, 5.41) is 3.54. The average Bonchev–Trinajstić information content (AvgIpc) is 2.29. The number of likely N-dealkylation sites (N-methyl/N-ethyl adjacent to an activating group) is 1. The SMILES string of the molecule is CNC(CC1CCC1)C1(OC)CCCCC1. The quantitative estimate of drug-likeness (QED) is 0.776. The van der Waals surface area contributed by atoms with Gasteiger partial charge in [-0.05, 0) is 32.2 Å². The molecule has 0 aliphatic heterocycles. The van der Waals surface area contributed by atoms with Gasteiger partial charge in [-0.25, -0.2) is 0 Å². The lowest BCUT2D eigenvalue weighted by molar-refractivity contribution is -0.0730. The molecule has 1 unspecified atom stereocenters. The topological polar surface area (TPSA) is 21.3 Å². The van der Waals surface area contributed by atoms with Crippen LogP contribution in [-0.2, 0) is 4.74 Å². The van der Waals surface area contributed by atoms with Gasteiger partial charge in [-0.15, -0.1) is 0 Å². The molecule has 0 aromatic rings. The molecule has 0 aromatic carbocycles. The number of ether oxygens (including phenoxy) is 1. The standard InChI is InChI=1S/C14H27NO/c1-15-13(11-12-7-6-8-12)14(16-2)9-4-3-5-10-14/h12-13,15H,3-11H2,1-2H3. The molecule has 94 valence electrons. The van der Waals surface area contributed by atoms with Crippen LogP contribution in [0.3, 0.4) is 0 Å². The summed E-state index contributed by atoms with van der Waals surface area (Å²) in [5.74, 6) is 0.964. The zero-order chi connectivity index (χ0) is 11.4. The van der Waals surface area contributed by atoms with Gasteiger partial charge in [0.05, 0.1) is 5.60 Å². The molecule has 0 spiro atoms. The third-order valence-electron chi connectivity index (χ3n) is 4.88. The van der Waals surface area contributed by atoms with E-state index in [1.807, 2.05) is 7.11 Å². The van der Waals surface area contributed by atoms with E-state index < -0.39 is 0 Å². The van der Waals surface area contributed by atoms with Crippen LogP contribution in [0.4, 0.5) is 0 Å². The summed E-state index contributed by atoms with van der Waals surface area (Å²) < 4.78 is 5.94. The van der Waals surface area contributed by atoms with Crippen molar-refractivity contribution in [2.45, 2.75) is 69.4 Å². The Hall–Kier alpha value is -0.0800. The second-order valence-corrected chi connectivity index (χ2v) is 5.70. The first-order valence-electron chi connectivity index (χ1n) is 7.03. The van der Waals surface area contributed by atoms with Crippen LogP contribution in [0.2, 0.25) is 0 Å². The van der Waals surface area contributed by atoms with Gasteiger partial charge in [0, 0.05) is 13.2 Å². The predicted octanol–water partition coefficient (Wildman–Crippen LogP) is 3.11. The third kappa shape index (κ3) is 2.43. The molecular formula is C14H27NO. The molecule has 16 heavy (non-hydrogen) atoms. The Morgan fingerprint density at radius 2 is 1.88 bits per heavy atom. The molecule has 0 heterocycles. The maximum atomic E-state index is 5.94. The van der Waals surface area contributed by atoms with E-state index in [1.54, 1.807) is 0 Å². The smallest absolute Gasteiger partial charge is 0.0830 e. The van der Waals surface area contributed by atoms with Crippen molar-refractivity contribution in [3.05, 3.63) is 0 Å². The first-order chi connectivity index (χ1) is 7.80. The molecule has 2 saturated carbocycles. The van der Waals surface area contributed by atoms with Crippen LogP contribution in [-0.4, -0.2) is 25.8 Å². The largest absolute Gasteiger partial charge is 0.377 e. The number of nitrogens with one attached hydrogen (secondary N) is 1. The fourth-order valence-corrected chi connectivity index (χ4v) is 3.50. The van der Waals surface area contributed by atoms with E-state index in [9.17, 15) is 0 Å². The minimum atomic E-state index is 0.141. The molecule has 2 aliphatic carbocycles. The van der Waals surface area contributed by atoms with E-state index in [1.165, 1.54) is 57.8 Å². The summed E-state index contributed by atoms with van der Waals surface area (Å²) in [6.07, 6.45) is 12.2. The Bertz CT molecular complexity index is 207. The van der Waals surface area contributed by atoms with Gasteiger partial charge in [0.25, 0.3) is 0 Å². The van der Waals surface area contributed by atoms with Gasteiger partial charge in [0.15, 0.2) is 0 Å². The zero-order valence-corrected chi connectivity index (χ0v) is 10.9. The summed E-state index contributed by atoms with van der Waals surface area (Å²) >= 11 is 0. The minimum absolute atomic E-state index is 0.141. The second kappa shape index (κ2) is 5.50. The molecule has 2 fully saturated rings. The lowest BCUT2D eigenvalue weighted by atomic mass is 9.72. The second-order valence-electron chi connectivity index (χ2n) is 5.70. The lowest BCUT2D eigenvalue weighted by Gasteiger charge is -2.44. The van der Waals surface area contributed by atoms with E-state index in [2.05, 4.69) is 12.4 Å². The fourth-order valence-electron chi connectivity index (χ4n) is 3.50. The summed E-state index contributed by atoms with van der Waals surface area (Å²) in [7, 11) is 4.02. The highest BCUT2D eigenvalue weighted by atomic mass is 16.5. The third-order valence-corrected chi connectivity index (χ3v) is 4.88. The summed E-state index contributed by atoms with van der Waals surface area (Å²) in [6.45, 7) is 0. The zero-order valence-electron chi connectivity index (χ0n) is 10.9. The van der Waals surface area contributed by atoms with Gasteiger partial charge in [-0.2, -0.15) is 0 Å². The molecule has 1 atom stereocenters. The van der Waals surface area contributed by atoms with Crippen LogP contribution in [0.5, 0.6) is 0 Å². The molecule has 0 bridgehead atoms. The number of rotatable bonds is 5. The molecule has 2 nitrogen and oxygen atoms in total. The molecule has 2 heteroatoms. The van der Waals surface area contributed by atoms with Crippen LogP contribution < -0.4 is 5.32 Å². The van der Waals surface area contributed by atoms with E-state index >= 15 is 0 Å². The van der Waals surface area contributed by atoms with Gasteiger partial charge in [-0.1, -0.05) is 38.5 Å². The van der Waals surface area contributed by atoms with Crippen molar-refractivity contribution < 1.29 is 4.74 Å². The Morgan fingerprint density at radius 3 is 2.31 bits per heavy atom. The van der Waals surface area contributed by atoms with Crippen molar-refractivity contribution >= 4 is 0 Å². The van der Waals surface area contributed by atoms with Gasteiger partial charge in [-0.3, -0.25) is 0 Å². The molecule has 0 radical (unpaired) electrons. The van der Waals surface area contributed by atoms with Crippen molar-refractivity contribution in [1.29, 1.82) is 0 Å². The van der Waals surface area contributed by atoms with Gasteiger partial charge < -0.3 is 10.1 Å². The highest BCUT2D eigenvalue weighted by Gasteiger charge is 2.40. The Kier molecular flexibility index (Phi) is 4.26. The van der Waals surface area contributed by atoms with Crippen molar-refractivity contribution in [2.24, 2.45) is 5.92 Å². The molecule has 0 amide bonds. The van der Waals surface area contributed by atoms with E-state index in [-0.39, 0.29) is 5.60 Å². The molecule has 0 saturated heterocycles. The first kappa shape index (κ1) is 12.4. The van der Waals surface area contributed by atoms with Crippen LogP contribution in [0.15, 0.2) is 0 Å². The molecule has 2 aliphatic rings. The van der Waals surface area contributed by atoms with Crippen molar-refractivity contribution in [1.82, 2.24) is 5.32 Å². The predicted molar refractivity (Wildman–Crippen MR) is 67.6 cm³/mol. The first-order valence-corrected chi connectivity index (χ1v) is 7.03. The lowest BCUT2D eigenvalue weighted by Crippen LogP contribution is -2.53. The van der Waals surface area contributed by atoms with E-state index in [0.717, 1.165) is 5.92 Å². The van der Waals surface area contributed by atoms with E-state index in [0.29, 0.717) is 6.04 Å². The van der Waals surface area contributed by atoms with Crippen LogP contribution >= 0.6 is 0 Å². The van der Waals surface area contributed by atoms with Gasteiger partial charge in [0.1, 0.15) is 0 Å². The van der Waals surface area contributed by atoms with Crippen molar-refractivity contribution in [2.75, 3.05) is 14.2 Å². The highest BCUT2D eigenvalue weighted by Crippen LogP contribution is 2.39. The van der Waals surface area contributed by atoms with Gasteiger partial charge >= 0.3 is 0 Å². The van der Waals surface area contributed by atoms with Crippen molar-refractivity contribution in [3.8, 4) is 0 Å². The van der Waals surface area contributed by atoms with E-state index in [4.69, 9.17) is 4.74 Å². The normalized spacial score (nSPS) is 27.4. The number of methoxy groups -OCH3 is 1.